The van der Waals surface area contributed by atoms with E-state index in [1.165, 1.54) is 0 Å². The highest BCUT2D eigenvalue weighted by molar-refractivity contribution is 7.13. The number of rotatable bonds is 5. The van der Waals surface area contributed by atoms with E-state index in [1.807, 2.05) is 43.5 Å². The van der Waals surface area contributed by atoms with E-state index >= 15 is 0 Å². The summed E-state index contributed by atoms with van der Waals surface area (Å²) in [6, 6.07) is 7.81. The van der Waals surface area contributed by atoms with Gasteiger partial charge in [0.05, 0.1) is 30.7 Å². The number of nitrogens with one attached hydrogen (secondary N) is 1. The molecule has 6 heteroatoms. The number of ether oxygens (including phenoxy) is 2. The third kappa shape index (κ3) is 3.30. The summed E-state index contributed by atoms with van der Waals surface area (Å²) in [6.45, 7) is 5.94. The smallest absolute Gasteiger partial charge is 0.340 e. The number of aryl methyl sites for hydroxylation is 1. The van der Waals surface area contributed by atoms with Crippen molar-refractivity contribution in [3.05, 3.63) is 46.5 Å². The molecule has 0 radical (unpaired) electrons. The summed E-state index contributed by atoms with van der Waals surface area (Å²) in [6.07, 6.45) is 0. The average molecular weight is 356 g/mol. The Balaban J connectivity index is 1.98. The molecule has 5 nitrogen and oxygen atoms in total. The topological polar surface area (TPSA) is 64.2 Å². The lowest BCUT2D eigenvalue weighted by Gasteiger charge is -2.02. The van der Waals surface area contributed by atoms with Gasteiger partial charge in [0, 0.05) is 16.6 Å². The van der Waals surface area contributed by atoms with Crippen molar-refractivity contribution >= 4 is 17.3 Å². The molecular formula is C19H20N2O3S. The molecule has 0 spiro atoms. The molecule has 0 saturated heterocycles. The summed E-state index contributed by atoms with van der Waals surface area (Å²) >= 11 is 1.56. The van der Waals surface area contributed by atoms with Gasteiger partial charge >= 0.3 is 5.97 Å². The summed E-state index contributed by atoms with van der Waals surface area (Å²) in [5.74, 6) is 0.494. The van der Waals surface area contributed by atoms with Gasteiger partial charge in [0.1, 0.15) is 10.8 Å². The van der Waals surface area contributed by atoms with Crippen LogP contribution in [-0.2, 0) is 4.74 Å². The molecule has 0 unspecified atom stereocenters. The van der Waals surface area contributed by atoms with Crippen LogP contribution in [0.5, 0.6) is 5.75 Å². The second-order valence-corrected chi connectivity index (χ2v) is 6.47. The normalized spacial score (nSPS) is 10.7. The highest BCUT2D eigenvalue weighted by atomic mass is 32.1. The first kappa shape index (κ1) is 17.2. The number of carbonyl (C=O) groups is 1. The zero-order valence-electron chi connectivity index (χ0n) is 14.7. The molecule has 25 heavy (non-hydrogen) atoms. The lowest BCUT2D eigenvalue weighted by atomic mass is 10.1. The van der Waals surface area contributed by atoms with E-state index in [9.17, 15) is 4.79 Å². The van der Waals surface area contributed by atoms with E-state index in [0.717, 1.165) is 39.0 Å². The van der Waals surface area contributed by atoms with E-state index < -0.39 is 0 Å². The molecule has 0 saturated carbocycles. The SMILES string of the molecule is CCOC(=O)c1c(C)[nH]c(-c2csc(-c3cccc(OC)c3)n2)c1C. The number of benzene rings is 1. The molecule has 2 heterocycles. The van der Waals surface area contributed by atoms with Crippen molar-refractivity contribution in [3.8, 4) is 27.7 Å². The Morgan fingerprint density at radius 2 is 2.12 bits per heavy atom. The Morgan fingerprint density at radius 3 is 2.84 bits per heavy atom. The number of thiazole rings is 1. The molecular weight excluding hydrogens is 336 g/mol. The first-order chi connectivity index (χ1) is 12.0. The molecule has 0 aliphatic heterocycles. The molecule has 1 N–H and O–H groups in total. The quantitative estimate of drug-likeness (QED) is 0.678. The molecule has 1 aromatic carbocycles. The molecule has 3 rings (SSSR count). The Bertz CT molecular complexity index is 911. The summed E-state index contributed by atoms with van der Waals surface area (Å²) in [5.41, 5.74) is 4.92. The van der Waals surface area contributed by atoms with Gasteiger partial charge in [0.15, 0.2) is 0 Å². The molecule has 0 amide bonds. The maximum Gasteiger partial charge on any atom is 0.340 e. The standard InChI is InChI=1S/C19H20N2O3S/c1-5-24-19(22)16-11(2)17(20-12(16)3)15-10-25-18(21-15)13-7-6-8-14(9-13)23-4/h6-10,20H,5H2,1-4H3. The second kappa shape index (κ2) is 7.11. The molecule has 3 aromatic rings. The van der Waals surface area contributed by atoms with Gasteiger partial charge in [0.25, 0.3) is 0 Å². The molecule has 0 bridgehead atoms. The zero-order chi connectivity index (χ0) is 18.0. The molecule has 0 atom stereocenters. The number of aromatic amines is 1. The Kier molecular flexibility index (Phi) is 4.90. The predicted molar refractivity (Wildman–Crippen MR) is 99.3 cm³/mol. The molecule has 0 aliphatic carbocycles. The minimum Gasteiger partial charge on any atom is -0.497 e. The monoisotopic (exact) mass is 356 g/mol. The highest BCUT2D eigenvalue weighted by Gasteiger charge is 2.21. The van der Waals surface area contributed by atoms with Crippen LogP contribution in [-0.4, -0.2) is 29.7 Å². The minimum absolute atomic E-state index is 0.303. The van der Waals surface area contributed by atoms with Crippen LogP contribution in [0.15, 0.2) is 29.6 Å². The summed E-state index contributed by atoms with van der Waals surface area (Å²) in [4.78, 5) is 20.2. The van der Waals surface area contributed by atoms with Gasteiger partial charge < -0.3 is 14.5 Å². The molecule has 130 valence electrons. The fraction of sp³-hybridized carbons (Fsp3) is 0.263. The highest BCUT2D eigenvalue weighted by Crippen LogP contribution is 2.33. The second-order valence-electron chi connectivity index (χ2n) is 5.62. The minimum atomic E-state index is -0.303. The van der Waals surface area contributed by atoms with Gasteiger partial charge in [0.2, 0.25) is 0 Å². The number of nitrogens with zero attached hydrogens (tertiary/aromatic N) is 1. The largest absolute Gasteiger partial charge is 0.497 e. The van der Waals surface area contributed by atoms with Crippen LogP contribution in [0.3, 0.4) is 0 Å². The number of H-pyrrole nitrogens is 1. The first-order valence-electron chi connectivity index (χ1n) is 8.01. The van der Waals surface area contributed by atoms with Gasteiger partial charge in [-0.05, 0) is 38.5 Å². The number of hydrogen-bond donors (Lipinski definition) is 1. The molecule has 0 aliphatic rings. The third-order valence-electron chi connectivity index (χ3n) is 3.99. The molecule has 2 aromatic heterocycles. The zero-order valence-corrected chi connectivity index (χ0v) is 15.5. The van der Waals surface area contributed by atoms with Crippen LogP contribution in [0.1, 0.15) is 28.5 Å². The van der Waals surface area contributed by atoms with Crippen LogP contribution in [0.2, 0.25) is 0 Å². The molecule has 0 fully saturated rings. The van der Waals surface area contributed by atoms with E-state index in [-0.39, 0.29) is 5.97 Å². The summed E-state index contributed by atoms with van der Waals surface area (Å²) < 4.78 is 10.4. The van der Waals surface area contributed by atoms with Crippen LogP contribution in [0.25, 0.3) is 22.0 Å². The maximum atomic E-state index is 12.2. The van der Waals surface area contributed by atoms with E-state index in [2.05, 4.69) is 4.98 Å². The third-order valence-corrected chi connectivity index (χ3v) is 4.89. The number of esters is 1. The van der Waals surface area contributed by atoms with E-state index in [1.54, 1.807) is 25.4 Å². The number of hydrogen-bond acceptors (Lipinski definition) is 5. The van der Waals surface area contributed by atoms with Crippen molar-refractivity contribution in [2.45, 2.75) is 20.8 Å². The average Bonchev–Trinajstić information content (AvgIpc) is 3.20. The van der Waals surface area contributed by atoms with Crippen molar-refractivity contribution in [1.29, 1.82) is 0 Å². The predicted octanol–water partition coefficient (Wildman–Crippen LogP) is 4.61. The fourth-order valence-corrected chi connectivity index (χ4v) is 3.60. The van der Waals surface area contributed by atoms with Crippen molar-refractivity contribution < 1.29 is 14.3 Å². The van der Waals surface area contributed by atoms with Crippen molar-refractivity contribution in [2.75, 3.05) is 13.7 Å². The van der Waals surface area contributed by atoms with Gasteiger partial charge in [-0.2, -0.15) is 0 Å². The lowest BCUT2D eigenvalue weighted by molar-refractivity contribution is 0.0525. The van der Waals surface area contributed by atoms with Gasteiger partial charge in [-0.25, -0.2) is 9.78 Å². The van der Waals surface area contributed by atoms with Crippen LogP contribution in [0.4, 0.5) is 0 Å². The first-order valence-corrected chi connectivity index (χ1v) is 8.89. The van der Waals surface area contributed by atoms with Crippen LogP contribution < -0.4 is 4.74 Å². The summed E-state index contributed by atoms with van der Waals surface area (Å²) in [7, 11) is 1.65. The van der Waals surface area contributed by atoms with Crippen molar-refractivity contribution in [3.63, 3.8) is 0 Å². The van der Waals surface area contributed by atoms with Gasteiger partial charge in [-0.1, -0.05) is 12.1 Å². The lowest BCUT2D eigenvalue weighted by Crippen LogP contribution is -2.06. The fourth-order valence-electron chi connectivity index (χ4n) is 2.79. The van der Waals surface area contributed by atoms with Crippen molar-refractivity contribution in [2.24, 2.45) is 0 Å². The maximum absolute atomic E-state index is 12.2. The van der Waals surface area contributed by atoms with Crippen molar-refractivity contribution in [1.82, 2.24) is 9.97 Å². The van der Waals surface area contributed by atoms with Gasteiger partial charge in [-0.3, -0.25) is 0 Å². The summed E-state index contributed by atoms with van der Waals surface area (Å²) in [5, 5.41) is 2.89. The van der Waals surface area contributed by atoms with E-state index in [0.29, 0.717) is 12.2 Å². The number of carbonyl (C=O) groups excluding carboxylic acids is 1. The van der Waals surface area contributed by atoms with Crippen LogP contribution >= 0.6 is 11.3 Å². The Hall–Kier alpha value is -2.60. The number of aromatic nitrogens is 2. The number of methoxy groups -OCH3 is 1. The van der Waals surface area contributed by atoms with Gasteiger partial charge in [-0.15, -0.1) is 11.3 Å². The Labute approximate surface area is 150 Å². The van der Waals surface area contributed by atoms with Crippen LogP contribution in [0, 0.1) is 13.8 Å². The Morgan fingerprint density at radius 1 is 1.32 bits per heavy atom. The van der Waals surface area contributed by atoms with E-state index in [4.69, 9.17) is 14.5 Å².